The average molecular weight is 221 g/mol. The van der Waals surface area contributed by atoms with Crippen molar-refractivity contribution in [1.82, 2.24) is 4.90 Å². The van der Waals surface area contributed by atoms with Crippen LogP contribution in [0.1, 0.15) is 52.4 Å². The quantitative estimate of drug-likeness (QED) is 0.654. The Labute approximate surface area is 99.4 Å². The topological polar surface area (TPSA) is 20.3 Å². The number of amides is 1. The van der Waals surface area contributed by atoms with Crippen molar-refractivity contribution in [2.45, 2.75) is 58.4 Å². The number of rotatable bonds is 5. The van der Waals surface area contributed by atoms with Gasteiger partial charge in [0.25, 0.3) is 0 Å². The molecule has 1 amide bonds. The minimum Gasteiger partial charge on any atom is -0.338 e. The van der Waals surface area contributed by atoms with Crippen LogP contribution in [-0.4, -0.2) is 23.4 Å². The Bertz CT molecular complexity index is 266. The summed E-state index contributed by atoms with van der Waals surface area (Å²) in [6.45, 7) is 5.06. The van der Waals surface area contributed by atoms with Gasteiger partial charge in [0, 0.05) is 24.9 Å². The van der Waals surface area contributed by atoms with Gasteiger partial charge in [0.1, 0.15) is 0 Å². The Morgan fingerprint density at radius 1 is 1.56 bits per heavy atom. The molecule has 2 heteroatoms. The number of carbonyl (C=O) groups is 1. The van der Waals surface area contributed by atoms with Crippen LogP contribution in [0.4, 0.5) is 0 Å². The summed E-state index contributed by atoms with van der Waals surface area (Å²) in [7, 11) is 0. The van der Waals surface area contributed by atoms with Gasteiger partial charge in [-0.15, -0.1) is 12.3 Å². The van der Waals surface area contributed by atoms with Crippen molar-refractivity contribution < 1.29 is 4.79 Å². The normalized spacial score (nSPS) is 22.9. The first kappa shape index (κ1) is 13.1. The minimum atomic E-state index is 0.237. The van der Waals surface area contributed by atoms with E-state index in [0.29, 0.717) is 18.4 Å². The highest BCUT2D eigenvalue weighted by Gasteiger charge is 2.27. The Morgan fingerprint density at radius 3 is 2.88 bits per heavy atom. The van der Waals surface area contributed by atoms with Crippen LogP contribution < -0.4 is 0 Å². The van der Waals surface area contributed by atoms with Gasteiger partial charge in [0.2, 0.25) is 5.91 Å². The zero-order valence-electron chi connectivity index (χ0n) is 10.5. The number of likely N-dealkylation sites (tertiary alicyclic amines) is 1. The van der Waals surface area contributed by atoms with Crippen LogP contribution in [-0.2, 0) is 4.79 Å². The maximum absolute atomic E-state index is 11.9. The highest BCUT2D eigenvalue weighted by atomic mass is 16.2. The van der Waals surface area contributed by atoms with Crippen molar-refractivity contribution in [3.05, 3.63) is 0 Å². The fourth-order valence-corrected chi connectivity index (χ4v) is 2.48. The van der Waals surface area contributed by atoms with Crippen LogP contribution in [0.15, 0.2) is 0 Å². The maximum Gasteiger partial charge on any atom is 0.222 e. The molecule has 0 N–H and O–H groups in total. The van der Waals surface area contributed by atoms with Crippen molar-refractivity contribution in [3.8, 4) is 12.3 Å². The summed E-state index contributed by atoms with van der Waals surface area (Å²) < 4.78 is 0. The zero-order chi connectivity index (χ0) is 12.0. The van der Waals surface area contributed by atoms with Crippen molar-refractivity contribution in [2.75, 3.05) is 6.54 Å². The molecule has 2 nitrogen and oxygen atoms in total. The Kier molecular flexibility index (Phi) is 5.38. The third-order valence-electron chi connectivity index (χ3n) is 3.45. The van der Waals surface area contributed by atoms with E-state index in [9.17, 15) is 4.79 Å². The lowest BCUT2D eigenvalue weighted by Gasteiger charge is -2.36. The zero-order valence-corrected chi connectivity index (χ0v) is 10.5. The molecule has 0 bridgehead atoms. The summed E-state index contributed by atoms with van der Waals surface area (Å²) in [5, 5.41) is 0. The predicted molar refractivity (Wildman–Crippen MR) is 66.9 cm³/mol. The summed E-state index contributed by atoms with van der Waals surface area (Å²) in [6.07, 6.45) is 11.6. The van der Waals surface area contributed by atoms with Crippen LogP contribution in [0, 0.1) is 18.3 Å². The molecular weight excluding hydrogens is 198 g/mol. The molecule has 0 radical (unpaired) electrons. The van der Waals surface area contributed by atoms with E-state index in [0.717, 1.165) is 38.6 Å². The fraction of sp³-hybridized carbons (Fsp3) is 0.786. The largest absolute Gasteiger partial charge is 0.338 e. The number of hydrogen-bond acceptors (Lipinski definition) is 1. The Balaban J connectivity index is 2.60. The summed E-state index contributed by atoms with van der Waals surface area (Å²) in [5.41, 5.74) is 0. The van der Waals surface area contributed by atoms with Crippen LogP contribution >= 0.6 is 0 Å². The van der Waals surface area contributed by atoms with Gasteiger partial charge in [0.05, 0.1) is 0 Å². The Hall–Kier alpha value is -0.970. The molecular formula is C14H23NO. The third kappa shape index (κ3) is 3.27. The molecule has 16 heavy (non-hydrogen) atoms. The second-order valence-electron chi connectivity index (χ2n) is 4.65. The standard InChI is InChI=1S/C14H23NO/c1-4-8-12(5-2)11-15-13(6-3)9-7-10-14(15)16/h2,12-13H,4,6-11H2,1,3H3. The number of carbonyl (C=O) groups excluding carboxylic acids is 1. The van der Waals surface area contributed by atoms with Gasteiger partial charge < -0.3 is 4.90 Å². The van der Waals surface area contributed by atoms with Gasteiger partial charge in [0.15, 0.2) is 0 Å². The van der Waals surface area contributed by atoms with Gasteiger partial charge in [-0.25, -0.2) is 0 Å². The number of nitrogens with zero attached hydrogens (tertiary/aromatic N) is 1. The molecule has 1 rings (SSSR count). The van der Waals surface area contributed by atoms with Gasteiger partial charge in [-0.05, 0) is 25.7 Å². The highest BCUT2D eigenvalue weighted by molar-refractivity contribution is 5.77. The third-order valence-corrected chi connectivity index (χ3v) is 3.45. The smallest absolute Gasteiger partial charge is 0.222 e. The van der Waals surface area contributed by atoms with E-state index in [1.165, 1.54) is 0 Å². The van der Waals surface area contributed by atoms with Crippen LogP contribution in [0.2, 0.25) is 0 Å². The van der Waals surface area contributed by atoms with Gasteiger partial charge in [-0.2, -0.15) is 0 Å². The van der Waals surface area contributed by atoms with E-state index < -0.39 is 0 Å². The molecule has 1 heterocycles. The van der Waals surface area contributed by atoms with E-state index in [1.807, 2.05) is 4.90 Å². The van der Waals surface area contributed by atoms with Crippen LogP contribution in [0.5, 0.6) is 0 Å². The molecule has 90 valence electrons. The first-order chi connectivity index (χ1) is 7.72. The summed E-state index contributed by atoms with van der Waals surface area (Å²) in [6, 6.07) is 0.425. The van der Waals surface area contributed by atoms with E-state index in [-0.39, 0.29) is 5.92 Å². The number of terminal acetylenes is 1. The second kappa shape index (κ2) is 6.58. The van der Waals surface area contributed by atoms with Crippen molar-refractivity contribution in [1.29, 1.82) is 0 Å². The van der Waals surface area contributed by atoms with Crippen molar-refractivity contribution in [2.24, 2.45) is 5.92 Å². The fourth-order valence-electron chi connectivity index (χ4n) is 2.48. The molecule has 0 saturated carbocycles. The predicted octanol–water partition coefficient (Wildman–Crippen LogP) is 2.83. The molecule has 0 aromatic heterocycles. The lowest BCUT2D eigenvalue weighted by Crippen LogP contribution is -2.45. The SMILES string of the molecule is C#CC(CCC)CN1C(=O)CCCC1CC. The van der Waals surface area contributed by atoms with Gasteiger partial charge in [-0.3, -0.25) is 4.79 Å². The first-order valence-electron chi connectivity index (χ1n) is 6.48. The van der Waals surface area contributed by atoms with Crippen LogP contribution in [0.25, 0.3) is 0 Å². The summed E-state index contributed by atoms with van der Waals surface area (Å²) >= 11 is 0. The van der Waals surface area contributed by atoms with E-state index in [4.69, 9.17) is 6.42 Å². The lowest BCUT2D eigenvalue weighted by molar-refractivity contribution is -0.137. The number of hydrogen-bond donors (Lipinski definition) is 0. The molecule has 0 aromatic rings. The molecule has 1 aliphatic heterocycles. The first-order valence-corrected chi connectivity index (χ1v) is 6.48. The lowest BCUT2D eigenvalue weighted by atomic mass is 9.96. The van der Waals surface area contributed by atoms with E-state index >= 15 is 0 Å². The van der Waals surface area contributed by atoms with Crippen LogP contribution in [0.3, 0.4) is 0 Å². The van der Waals surface area contributed by atoms with E-state index in [2.05, 4.69) is 19.8 Å². The maximum atomic E-state index is 11.9. The molecule has 0 aromatic carbocycles. The molecule has 0 spiro atoms. The molecule has 2 atom stereocenters. The summed E-state index contributed by atoms with van der Waals surface area (Å²) in [4.78, 5) is 13.9. The highest BCUT2D eigenvalue weighted by Crippen LogP contribution is 2.22. The molecule has 1 saturated heterocycles. The van der Waals surface area contributed by atoms with E-state index in [1.54, 1.807) is 0 Å². The Morgan fingerprint density at radius 2 is 2.31 bits per heavy atom. The molecule has 1 aliphatic rings. The second-order valence-corrected chi connectivity index (χ2v) is 4.65. The van der Waals surface area contributed by atoms with Gasteiger partial charge >= 0.3 is 0 Å². The summed E-state index contributed by atoms with van der Waals surface area (Å²) in [5.74, 6) is 3.36. The van der Waals surface area contributed by atoms with Crippen molar-refractivity contribution in [3.63, 3.8) is 0 Å². The van der Waals surface area contributed by atoms with Crippen molar-refractivity contribution >= 4 is 5.91 Å². The molecule has 0 aliphatic carbocycles. The molecule has 2 unspecified atom stereocenters. The minimum absolute atomic E-state index is 0.237. The monoisotopic (exact) mass is 221 g/mol. The molecule has 1 fully saturated rings. The average Bonchev–Trinajstić information content (AvgIpc) is 2.30. The number of piperidine rings is 1. The van der Waals surface area contributed by atoms with Gasteiger partial charge in [-0.1, -0.05) is 20.3 Å².